The molecule has 0 N–H and O–H groups in total. The minimum atomic E-state index is -0.564. The highest BCUT2D eigenvalue weighted by atomic mass is 16.5. The van der Waals surface area contributed by atoms with Gasteiger partial charge in [-0.1, -0.05) is 12.1 Å². The number of hydrogen-bond acceptors (Lipinski definition) is 4. The molecule has 3 rings (SSSR count). The summed E-state index contributed by atoms with van der Waals surface area (Å²) in [6, 6.07) is 10.1. The van der Waals surface area contributed by atoms with E-state index in [9.17, 15) is 9.59 Å². The second-order valence-electron chi connectivity index (χ2n) is 5.31. The van der Waals surface area contributed by atoms with Gasteiger partial charge in [-0.25, -0.2) is 0 Å². The first kappa shape index (κ1) is 15.1. The molecular formula is C17H18N2O4. The maximum atomic E-state index is 12.7. The molecule has 0 saturated carbocycles. The van der Waals surface area contributed by atoms with E-state index in [2.05, 4.69) is 0 Å². The van der Waals surface area contributed by atoms with Crippen LogP contribution in [0.25, 0.3) is 0 Å². The summed E-state index contributed by atoms with van der Waals surface area (Å²) < 4.78 is 10.5. The van der Waals surface area contributed by atoms with Crippen LogP contribution in [0.5, 0.6) is 5.75 Å². The summed E-state index contributed by atoms with van der Waals surface area (Å²) in [7, 11) is 1.57. The molecule has 6 heteroatoms. The summed E-state index contributed by atoms with van der Waals surface area (Å²) in [5.74, 6) is 0.477. The highest BCUT2D eigenvalue weighted by Gasteiger charge is 2.36. The van der Waals surface area contributed by atoms with Crippen LogP contribution in [0, 0.1) is 0 Å². The van der Waals surface area contributed by atoms with Gasteiger partial charge in [0.05, 0.1) is 19.1 Å². The van der Waals surface area contributed by atoms with Gasteiger partial charge in [0.1, 0.15) is 11.8 Å². The van der Waals surface area contributed by atoms with Gasteiger partial charge in [-0.3, -0.25) is 9.59 Å². The number of hydrogen-bond donors (Lipinski definition) is 0. The standard InChI is InChI=1S/C17H18N2O4/c1-12-16(20)19(13-6-3-4-7-14(13)22-2)10-9-18(12)17(21)15-8-5-11-23-15/h3-8,11-12H,9-10H2,1-2H3/t12-/m0/s1. The zero-order chi connectivity index (χ0) is 16.4. The molecule has 6 nitrogen and oxygen atoms in total. The maximum absolute atomic E-state index is 12.7. The zero-order valence-electron chi connectivity index (χ0n) is 13.1. The molecule has 1 aliphatic rings. The second kappa shape index (κ2) is 6.16. The number of piperazine rings is 1. The van der Waals surface area contributed by atoms with Crippen molar-refractivity contribution < 1.29 is 18.7 Å². The molecule has 0 spiro atoms. The van der Waals surface area contributed by atoms with E-state index in [0.717, 1.165) is 5.69 Å². The Kier molecular flexibility index (Phi) is 4.06. The molecule has 0 radical (unpaired) electrons. The first-order valence-electron chi connectivity index (χ1n) is 7.42. The lowest BCUT2D eigenvalue weighted by atomic mass is 10.1. The van der Waals surface area contributed by atoms with E-state index in [-0.39, 0.29) is 17.6 Å². The van der Waals surface area contributed by atoms with Gasteiger partial charge in [0.25, 0.3) is 5.91 Å². The van der Waals surface area contributed by atoms with Gasteiger partial charge in [0, 0.05) is 13.1 Å². The Hall–Kier alpha value is -2.76. The number of para-hydroxylation sites is 2. The SMILES string of the molecule is COc1ccccc1N1CCN(C(=O)c2ccco2)[C@@H](C)C1=O. The lowest BCUT2D eigenvalue weighted by Crippen LogP contribution is -2.57. The van der Waals surface area contributed by atoms with Crippen molar-refractivity contribution in [1.82, 2.24) is 4.90 Å². The zero-order valence-corrected chi connectivity index (χ0v) is 13.1. The Labute approximate surface area is 134 Å². The molecule has 2 heterocycles. The van der Waals surface area contributed by atoms with Crippen LogP contribution >= 0.6 is 0 Å². The van der Waals surface area contributed by atoms with Crippen molar-refractivity contribution in [2.24, 2.45) is 0 Å². The third-order valence-electron chi connectivity index (χ3n) is 4.02. The van der Waals surface area contributed by atoms with E-state index in [0.29, 0.717) is 18.8 Å². The Balaban J connectivity index is 1.83. The van der Waals surface area contributed by atoms with Gasteiger partial charge in [-0.05, 0) is 31.2 Å². The summed E-state index contributed by atoms with van der Waals surface area (Å²) in [6.07, 6.45) is 1.45. The number of rotatable bonds is 3. The predicted molar refractivity (Wildman–Crippen MR) is 84.6 cm³/mol. The Morgan fingerprint density at radius 2 is 2.00 bits per heavy atom. The van der Waals surface area contributed by atoms with Crippen LogP contribution < -0.4 is 9.64 Å². The monoisotopic (exact) mass is 314 g/mol. The quantitative estimate of drug-likeness (QED) is 0.871. The largest absolute Gasteiger partial charge is 0.495 e. The molecule has 1 aromatic heterocycles. The van der Waals surface area contributed by atoms with Gasteiger partial charge < -0.3 is 19.0 Å². The van der Waals surface area contributed by atoms with Crippen LogP contribution in [0.15, 0.2) is 47.1 Å². The van der Waals surface area contributed by atoms with Crippen LogP contribution in [0.3, 0.4) is 0 Å². The third-order valence-corrected chi connectivity index (χ3v) is 4.02. The van der Waals surface area contributed by atoms with Crippen molar-refractivity contribution in [3.05, 3.63) is 48.4 Å². The molecule has 23 heavy (non-hydrogen) atoms. The van der Waals surface area contributed by atoms with Crippen molar-refractivity contribution in [2.75, 3.05) is 25.1 Å². The summed E-state index contributed by atoms with van der Waals surface area (Å²) in [4.78, 5) is 28.3. The summed E-state index contributed by atoms with van der Waals surface area (Å²) in [5, 5.41) is 0. The van der Waals surface area contributed by atoms with E-state index < -0.39 is 6.04 Å². The first-order valence-corrected chi connectivity index (χ1v) is 7.42. The molecule has 0 unspecified atom stereocenters. The molecule has 1 aromatic carbocycles. The average Bonchev–Trinajstić information content (AvgIpc) is 3.11. The van der Waals surface area contributed by atoms with E-state index in [1.165, 1.54) is 11.2 Å². The Bertz CT molecular complexity index is 711. The number of carbonyl (C=O) groups is 2. The summed E-state index contributed by atoms with van der Waals surface area (Å²) in [6.45, 7) is 2.57. The first-order chi connectivity index (χ1) is 11.1. The number of furan rings is 1. The number of carbonyl (C=O) groups excluding carboxylic acids is 2. The molecule has 2 amide bonds. The van der Waals surface area contributed by atoms with Crippen LogP contribution in [-0.4, -0.2) is 43.0 Å². The van der Waals surface area contributed by atoms with Gasteiger partial charge >= 0.3 is 0 Å². The van der Waals surface area contributed by atoms with Crippen LogP contribution in [0.2, 0.25) is 0 Å². The normalized spacial score (nSPS) is 18.2. The Morgan fingerprint density at radius 3 is 2.70 bits per heavy atom. The van der Waals surface area contributed by atoms with Crippen molar-refractivity contribution in [1.29, 1.82) is 0 Å². The number of amides is 2. The number of nitrogens with zero attached hydrogens (tertiary/aromatic N) is 2. The predicted octanol–water partition coefficient (Wildman–Crippen LogP) is 2.17. The molecule has 1 aliphatic heterocycles. The lowest BCUT2D eigenvalue weighted by Gasteiger charge is -2.39. The molecule has 0 aliphatic carbocycles. The molecule has 1 saturated heterocycles. The molecule has 2 aromatic rings. The molecule has 0 bridgehead atoms. The number of anilines is 1. The van der Waals surface area contributed by atoms with Crippen LogP contribution in [0.1, 0.15) is 17.5 Å². The summed E-state index contributed by atoms with van der Waals surface area (Å²) >= 11 is 0. The van der Waals surface area contributed by atoms with Gasteiger partial charge in [0.2, 0.25) is 5.91 Å². The van der Waals surface area contributed by atoms with Crippen LogP contribution in [0.4, 0.5) is 5.69 Å². The van der Waals surface area contributed by atoms with Gasteiger partial charge in [-0.15, -0.1) is 0 Å². The topological polar surface area (TPSA) is 63.0 Å². The van der Waals surface area contributed by atoms with E-state index in [4.69, 9.17) is 9.15 Å². The van der Waals surface area contributed by atoms with Crippen molar-refractivity contribution >= 4 is 17.5 Å². The fraction of sp³-hybridized carbons (Fsp3) is 0.294. The van der Waals surface area contributed by atoms with Crippen molar-refractivity contribution in [3.63, 3.8) is 0 Å². The highest BCUT2D eigenvalue weighted by molar-refractivity contribution is 6.03. The minimum Gasteiger partial charge on any atom is -0.495 e. The maximum Gasteiger partial charge on any atom is 0.290 e. The number of methoxy groups -OCH3 is 1. The Morgan fingerprint density at radius 1 is 1.22 bits per heavy atom. The van der Waals surface area contributed by atoms with Crippen LogP contribution in [-0.2, 0) is 4.79 Å². The molecule has 120 valence electrons. The second-order valence-corrected chi connectivity index (χ2v) is 5.31. The number of benzene rings is 1. The molecule has 1 fully saturated rings. The summed E-state index contributed by atoms with van der Waals surface area (Å²) in [5.41, 5.74) is 0.719. The van der Waals surface area contributed by atoms with E-state index >= 15 is 0 Å². The van der Waals surface area contributed by atoms with E-state index in [1.807, 2.05) is 24.3 Å². The van der Waals surface area contributed by atoms with Gasteiger partial charge in [-0.2, -0.15) is 0 Å². The average molecular weight is 314 g/mol. The molecule has 1 atom stereocenters. The third kappa shape index (κ3) is 2.67. The van der Waals surface area contributed by atoms with Crippen molar-refractivity contribution in [2.45, 2.75) is 13.0 Å². The number of ether oxygens (including phenoxy) is 1. The lowest BCUT2D eigenvalue weighted by molar-refractivity contribution is -0.124. The van der Waals surface area contributed by atoms with Gasteiger partial charge in [0.15, 0.2) is 5.76 Å². The smallest absolute Gasteiger partial charge is 0.290 e. The molecular weight excluding hydrogens is 296 g/mol. The minimum absolute atomic E-state index is 0.138. The fourth-order valence-electron chi connectivity index (χ4n) is 2.78. The van der Waals surface area contributed by atoms with Crippen molar-refractivity contribution in [3.8, 4) is 5.75 Å². The highest BCUT2D eigenvalue weighted by Crippen LogP contribution is 2.30. The fourth-order valence-corrected chi connectivity index (χ4v) is 2.78. The van der Waals surface area contributed by atoms with E-state index in [1.54, 1.807) is 31.1 Å².